The summed E-state index contributed by atoms with van der Waals surface area (Å²) >= 11 is 0. The van der Waals surface area contributed by atoms with E-state index >= 15 is 0 Å². The Hall–Kier alpha value is -1.11. The summed E-state index contributed by atoms with van der Waals surface area (Å²) in [7, 11) is -3.09. The van der Waals surface area contributed by atoms with Crippen molar-refractivity contribution in [3.05, 3.63) is 35.4 Å². The highest BCUT2D eigenvalue weighted by molar-refractivity contribution is 7.89. The van der Waals surface area contributed by atoms with E-state index in [1.54, 1.807) is 0 Å². The van der Waals surface area contributed by atoms with Crippen molar-refractivity contribution in [1.82, 2.24) is 10.6 Å². The summed E-state index contributed by atoms with van der Waals surface area (Å²) in [6.45, 7) is 0.373. The van der Waals surface area contributed by atoms with Gasteiger partial charge in [0.25, 0.3) is 0 Å². The molecular weight excluding hydrogens is 360 g/mol. The summed E-state index contributed by atoms with van der Waals surface area (Å²) in [5.41, 5.74) is 1.63. The fourth-order valence-corrected chi connectivity index (χ4v) is 4.83. The second-order valence-electron chi connectivity index (χ2n) is 7.16. The molecule has 2 N–H and O–H groups in total. The quantitative estimate of drug-likeness (QED) is 0.813. The molecule has 0 spiro atoms. The number of carbonyl (C=O) groups excluding carboxylic acids is 1. The molecule has 1 saturated carbocycles. The highest BCUT2D eigenvalue weighted by atomic mass is 35.5. The van der Waals surface area contributed by atoms with Crippen LogP contribution in [0.1, 0.15) is 43.2 Å². The molecule has 1 aliphatic carbocycles. The molecular formula is C18H27ClN2O3S. The van der Waals surface area contributed by atoms with Gasteiger partial charge in [0, 0.05) is 18.8 Å². The zero-order valence-corrected chi connectivity index (χ0v) is 16.2. The average Bonchev–Trinajstić information content (AvgIpc) is 2.96. The number of halogens is 1. The van der Waals surface area contributed by atoms with Crippen LogP contribution in [-0.2, 0) is 26.9 Å². The van der Waals surface area contributed by atoms with Crippen LogP contribution in [0.2, 0.25) is 0 Å². The van der Waals surface area contributed by atoms with E-state index in [4.69, 9.17) is 0 Å². The lowest BCUT2D eigenvalue weighted by molar-refractivity contribution is -0.123. The van der Waals surface area contributed by atoms with E-state index in [1.807, 2.05) is 24.3 Å². The molecule has 0 radical (unpaired) electrons. The minimum absolute atomic E-state index is 0. The molecule has 2 aliphatic rings. The number of amides is 1. The molecule has 3 unspecified atom stereocenters. The number of benzene rings is 1. The van der Waals surface area contributed by atoms with E-state index in [1.165, 1.54) is 31.9 Å². The largest absolute Gasteiger partial charge is 0.351 e. The van der Waals surface area contributed by atoms with Crippen molar-refractivity contribution in [3.8, 4) is 0 Å². The van der Waals surface area contributed by atoms with E-state index in [-0.39, 0.29) is 30.1 Å². The topological polar surface area (TPSA) is 75.3 Å². The van der Waals surface area contributed by atoms with Gasteiger partial charge in [-0.1, -0.05) is 37.1 Å². The van der Waals surface area contributed by atoms with E-state index in [0.29, 0.717) is 18.5 Å². The van der Waals surface area contributed by atoms with Gasteiger partial charge in [-0.2, -0.15) is 0 Å². The van der Waals surface area contributed by atoms with Crippen molar-refractivity contribution in [2.24, 2.45) is 5.92 Å². The monoisotopic (exact) mass is 386 g/mol. The standard InChI is InChI=1S/C18H26N2O3S.ClH/c1-24(22,23)12-15-8-3-2-7-14(15)11-19-18(21)17-10-13-6-4-5-9-16(13)20-17;/h2-3,7-8,13,16-17,20H,4-6,9-12H2,1H3,(H,19,21);1H. The van der Waals surface area contributed by atoms with Gasteiger partial charge >= 0.3 is 0 Å². The normalized spacial score (nSPS) is 25.7. The third-order valence-corrected chi connectivity index (χ3v) is 6.00. The number of nitrogens with one attached hydrogen (secondary N) is 2. The molecule has 1 aromatic carbocycles. The molecule has 3 rings (SSSR count). The van der Waals surface area contributed by atoms with Crippen LogP contribution in [0.4, 0.5) is 0 Å². The molecule has 140 valence electrons. The molecule has 25 heavy (non-hydrogen) atoms. The minimum atomic E-state index is -3.09. The Labute approximate surface area is 156 Å². The zero-order chi connectivity index (χ0) is 17.2. The lowest BCUT2D eigenvalue weighted by Gasteiger charge is -2.24. The van der Waals surface area contributed by atoms with E-state index < -0.39 is 9.84 Å². The molecule has 1 aromatic rings. The maximum atomic E-state index is 12.5. The number of sulfone groups is 1. The zero-order valence-electron chi connectivity index (χ0n) is 14.5. The number of rotatable bonds is 5. The third kappa shape index (κ3) is 5.43. The predicted octanol–water partition coefficient (Wildman–Crippen LogP) is 2.19. The van der Waals surface area contributed by atoms with Gasteiger partial charge in [0.1, 0.15) is 0 Å². The third-order valence-electron chi connectivity index (χ3n) is 5.17. The van der Waals surface area contributed by atoms with Crippen LogP contribution < -0.4 is 10.6 Å². The van der Waals surface area contributed by atoms with E-state index in [2.05, 4.69) is 10.6 Å². The number of fused-ring (bicyclic) bond motifs is 1. The van der Waals surface area contributed by atoms with Crippen molar-refractivity contribution in [2.45, 2.75) is 56.5 Å². The first-order valence-electron chi connectivity index (χ1n) is 8.70. The summed E-state index contributed by atoms with van der Waals surface area (Å²) in [6, 6.07) is 7.77. The van der Waals surface area contributed by atoms with E-state index in [0.717, 1.165) is 17.5 Å². The van der Waals surface area contributed by atoms with Gasteiger partial charge in [0.05, 0.1) is 11.8 Å². The van der Waals surface area contributed by atoms with Crippen molar-refractivity contribution >= 4 is 28.2 Å². The average molecular weight is 387 g/mol. The van der Waals surface area contributed by atoms with Gasteiger partial charge in [-0.15, -0.1) is 12.4 Å². The van der Waals surface area contributed by atoms with Crippen LogP contribution in [-0.4, -0.2) is 32.7 Å². The second kappa shape index (κ2) is 8.52. The first kappa shape index (κ1) is 20.2. The van der Waals surface area contributed by atoms with E-state index in [9.17, 15) is 13.2 Å². The summed E-state index contributed by atoms with van der Waals surface area (Å²) in [4.78, 5) is 12.5. The highest BCUT2D eigenvalue weighted by Crippen LogP contribution is 2.33. The summed E-state index contributed by atoms with van der Waals surface area (Å²) < 4.78 is 23.1. The predicted molar refractivity (Wildman–Crippen MR) is 101 cm³/mol. The molecule has 7 heteroatoms. The summed E-state index contributed by atoms with van der Waals surface area (Å²) in [6.07, 6.45) is 7.07. The molecule has 1 aliphatic heterocycles. The van der Waals surface area contributed by atoms with Crippen LogP contribution in [0, 0.1) is 5.92 Å². The number of hydrogen-bond acceptors (Lipinski definition) is 4. The van der Waals surface area contributed by atoms with Crippen molar-refractivity contribution in [3.63, 3.8) is 0 Å². The van der Waals surface area contributed by atoms with Gasteiger partial charge in [-0.05, 0) is 36.3 Å². The van der Waals surface area contributed by atoms with Crippen molar-refractivity contribution in [2.75, 3.05) is 6.26 Å². The maximum Gasteiger partial charge on any atom is 0.237 e. The Morgan fingerprint density at radius 1 is 1.20 bits per heavy atom. The first-order chi connectivity index (χ1) is 11.4. The Morgan fingerprint density at radius 2 is 1.88 bits per heavy atom. The SMILES string of the molecule is CS(=O)(=O)Cc1ccccc1CNC(=O)C1CC2CCCCC2N1.Cl. The molecule has 0 bridgehead atoms. The van der Waals surface area contributed by atoms with Crippen molar-refractivity contribution < 1.29 is 13.2 Å². The first-order valence-corrected chi connectivity index (χ1v) is 10.8. The van der Waals surface area contributed by atoms with Crippen molar-refractivity contribution in [1.29, 1.82) is 0 Å². The molecule has 0 aromatic heterocycles. The Bertz CT molecular complexity index is 694. The Balaban J connectivity index is 0.00000225. The number of hydrogen-bond donors (Lipinski definition) is 2. The lowest BCUT2D eigenvalue weighted by Crippen LogP contribution is -2.43. The molecule has 5 nitrogen and oxygen atoms in total. The summed E-state index contributed by atoms with van der Waals surface area (Å²) in [5, 5.41) is 6.45. The molecule has 1 amide bonds. The summed E-state index contributed by atoms with van der Waals surface area (Å²) in [5.74, 6) is 0.663. The highest BCUT2D eigenvalue weighted by Gasteiger charge is 2.38. The fourth-order valence-electron chi connectivity index (χ4n) is 3.98. The Kier molecular flexibility index (Phi) is 6.88. The fraction of sp³-hybridized carbons (Fsp3) is 0.611. The van der Waals surface area contributed by atoms with Gasteiger partial charge in [-0.25, -0.2) is 8.42 Å². The second-order valence-corrected chi connectivity index (χ2v) is 9.30. The van der Waals surface area contributed by atoms with Crippen LogP contribution in [0.5, 0.6) is 0 Å². The molecule has 1 heterocycles. The van der Waals surface area contributed by atoms with Crippen LogP contribution in [0.15, 0.2) is 24.3 Å². The number of carbonyl (C=O) groups is 1. The Morgan fingerprint density at radius 3 is 2.56 bits per heavy atom. The molecule has 1 saturated heterocycles. The van der Waals surface area contributed by atoms with Crippen LogP contribution in [0.25, 0.3) is 0 Å². The minimum Gasteiger partial charge on any atom is -0.351 e. The van der Waals surface area contributed by atoms with Gasteiger partial charge in [-0.3, -0.25) is 4.79 Å². The smallest absolute Gasteiger partial charge is 0.237 e. The van der Waals surface area contributed by atoms with Crippen LogP contribution >= 0.6 is 12.4 Å². The van der Waals surface area contributed by atoms with Crippen LogP contribution in [0.3, 0.4) is 0 Å². The van der Waals surface area contributed by atoms with Gasteiger partial charge < -0.3 is 10.6 Å². The van der Waals surface area contributed by atoms with Gasteiger partial charge in [0.2, 0.25) is 5.91 Å². The molecule has 3 atom stereocenters. The maximum absolute atomic E-state index is 12.5. The molecule has 2 fully saturated rings. The lowest BCUT2D eigenvalue weighted by atomic mass is 9.85. The van der Waals surface area contributed by atoms with Gasteiger partial charge in [0.15, 0.2) is 9.84 Å².